The normalized spacial score (nSPS) is 16.2. The summed E-state index contributed by atoms with van der Waals surface area (Å²) >= 11 is 0. The molecule has 0 aliphatic carbocycles. The summed E-state index contributed by atoms with van der Waals surface area (Å²) in [6, 6.07) is 13.1. The standard InChI is InChI=1S/C24H24F3N7/c1-15(16-2-6-20(32-28)7-3-16)33-12-21(13-33)34-11-17-10-29-23(31-22(17)14-34)30-19-8-4-18(5-9-19)24(25,26)27/h2-10,21,32H,1,11-14,28H2,(H,29,30,31). The van der Waals surface area contributed by atoms with Crippen molar-refractivity contribution < 1.29 is 13.2 Å². The number of benzene rings is 2. The van der Waals surface area contributed by atoms with Crippen molar-refractivity contribution in [1.29, 1.82) is 0 Å². The van der Waals surface area contributed by atoms with Crippen LogP contribution in [0.4, 0.5) is 30.5 Å². The van der Waals surface area contributed by atoms with Crippen LogP contribution < -0.4 is 16.6 Å². The largest absolute Gasteiger partial charge is 0.416 e. The molecule has 4 N–H and O–H groups in total. The van der Waals surface area contributed by atoms with Crippen molar-refractivity contribution in [2.75, 3.05) is 23.8 Å². The summed E-state index contributed by atoms with van der Waals surface area (Å²) in [5.41, 5.74) is 7.34. The number of aromatic nitrogens is 2. The highest BCUT2D eigenvalue weighted by molar-refractivity contribution is 5.65. The van der Waals surface area contributed by atoms with Gasteiger partial charge in [0.1, 0.15) is 0 Å². The second-order valence-corrected chi connectivity index (χ2v) is 8.50. The minimum absolute atomic E-state index is 0.374. The zero-order valence-electron chi connectivity index (χ0n) is 18.3. The lowest BCUT2D eigenvalue weighted by Gasteiger charge is -2.46. The Morgan fingerprint density at radius 3 is 2.32 bits per heavy atom. The van der Waals surface area contributed by atoms with Crippen LogP contribution in [0.2, 0.25) is 0 Å². The molecule has 3 aromatic rings. The Morgan fingerprint density at radius 1 is 1.00 bits per heavy atom. The molecule has 0 atom stereocenters. The van der Waals surface area contributed by atoms with E-state index < -0.39 is 11.7 Å². The molecule has 7 nitrogen and oxygen atoms in total. The fourth-order valence-electron chi connectivity index (χ4n) is 4.22. The van der Waals surface area contributed by atoms with Crippen LogP contribution in [0.25, 0.3) is 5.70 Å². The highest BCUT2D eigenvalue weighted by Crippen LogP contribution is 2.32. The lowest BCUT2D eigenvalue weighted by atomic mass is 10.0. The van der Waals surface area contributed by atoms with Gasteiger partial charge < -0.3 is 15.6 Å². The Bertz CT molecular complexity index is 1190. The summed E-state index contributed by atoms with van der Waals surface area (Å²) in [7, 11) is 0. The highest BCUT2D eigenvalue weighted by atomic mass is 19.4. The molecule has 1 saturated heterocycles. The van der Waals surface area contributed by atoms with E-state index in [-0.39, 0.29) is 0 Å². The van der Waals surface area contributed by atoms with Crippen LogP contribution in [-0.2, 0) is 19.3 Å². The first kappa shape index (κ1) is 22.2. The molecule has 2 aliphatic heterocycles. The van der Waals surface area contributed by atoms with Gasteiger partial charge in [-0.3, -0.25) is 10.7 Å². The Balaban J connectivity index is 1.17. The van der Waals surface area contributed by atoms with Gasteiger partial charge in [-0.2, -0.15) is 13.2 Å². The first-order valence-electron chi connectivity index (χ1n) is 10.8. The van der Waals surface area contributed by atoms with Crippen molar-refractivity contribution in [2.24, 2.45) is 5.84 Å². The number of nitrogens with two attached hydrogens (primary N) is 1. The number of alkyl halides is 3. The Hall–Kier alpha value is -3.63. The van der Waals surface area contributed by atoms with Crippen LogP contribution in [0.5, 0.6) is 0 Å². The Labute approximate surface area is 195 Å². The van der Waals surface area contributed by atoms with E-state index in [1.165, 1.54) is 12.1 Å². The zero-order chi connectivity index (χ0) is 23.9. The predicted molar refractivity (Wildman–Crippen MR) is 125 cm³/mol. The number of hydrazine groups is 1. The maximum Gasteiger partial charge on any atom is 0.416 e. The number of hydrogen-bond acceptors (Lipinski definition) is 7. The van der Waals surface area contributed by atoms with E-state index in [0.717, 1.165) is 60.0 Å². The van der Waals surface area contributed by atoms with Crippen molar-refractivity contribution in [3.63, 3.8) is 0 Å². The number of halogens is 3. The molecule has 10 heteroatoms. The third-order valence-corrected chi connectivity index (χ3v) is 6.29. The number of nitrogens with zero attached hydrogens (tertiary/aromatic N) is 4. The van der Waals surface area contributed by atoms with Crippen LogP contribution in [0.15, 0.2) is 61.3 Å². The Morgan fingerprint density at radius 2 is 1.68 bits per heavy atom. The first-order valence-corrected chi connectivity index (χ1v) is 10.8. The second-order valence-electron chi connectivity index (χ2n) is 8.50. The van der Waals surface area contributed by atoms with Crippen LogP contribution >= 0.6 is 0 Å². The number of fused-ring (bicyclic) bond motifs is 1. The maximum absolute atomic E-state index is 12.8. The van der Waals surface area contributed by atoms with Gasteiger partial charge in [0.05, 0.1) is 11.3 Å². The molecular formula is C24H24F3N7. The van der Waals surface area contributed by atoms with Gasteiger partial charge in [0.25, 0.3) is 0 Å². The van der Waals surface area contributed by atoms with Crippen molar-refractivity contribution in [3.05, 3.63) is 83.7 Å². The lowest BCUT2D eigenvalue weighted by molar-refractivity contribution is -0.137. The summed E-state index contributed by atoms with van der Waals surface area (Å²) in [4.78, 5) is 13.6. The average Bonchev–Trinajstić information content (AvgIpc) is 3.20. The van der Waals surface area contributed by atoms with Gasteiger partial charge in [-0.05, 0) is 42.0 Å². The highest BCUT2D eigenvalue weighted by Gasteiger charge is 2.36. The van der Waals surface area contributed by atoms with E-state index in [9.17, 15) is 13.2 Å². The summed E-state index contributed by atoms with van der Waals surface area (Å²) in [5.74, 6) is 5.80. The van der Waals surface area contributed by atoms with Gasteiger partial charge in [0.2, 0.25) is 5.95 Å². The molecule has 2 aliphatic rings. The number of nitrogens with one attached hydrogen (secondary N) is 2. The number of hydrogen-bond donors (Lipinski definition) is 3. The van der Waals surface area contributed by atoms with Gasteiger partial charge >= 0.3 is 6.18 Å². The smallest absolute Gasteiger partial charge is 0.368 e. The monoisotopic (exact) mass is 467 g/mol. The molecule has 0 saturated carbocycles. The quantitative estimate of drug-likeness (QED) is 0.370. The molecule has 0 radical (unpaired) electrons. The summed E-state index contributed by atoms with van der Waals surface area (Å²) in [6.45, 7) is 7.49. The molecule has 2 aromatic carbocycles. The van der Waals surface area contributed by atoms with Crippen LogP contribution in [0.1, 0.15) is 22.4 Å². The van der Waals surface area contributed by atoms with Gasteiger partial charge in [-0.15, -0.1) is 0 Å². The summed E-state index contributed by atoms with van der Waals surface area (Å²) in [5, 5.41) is 2.99. The number of likely N-dealkylation sites (tertiary alicyclic amines) is 1. The zero-order valence-corrected chi connectivity index (χ0v) is 18.3. The van der Waals surface area contributed by atoms with Crippen molar-refractivity contribution >= 4 is 23.0 Å². The van der Waals surface area contributed by atoms with E-state index >= 15 is 0 Å². The second kappa shape index (κ2) is 8.62. The summed E-state index contributed by atoms with van der Waals surface area (Å²) < 4.78 is 38.3. The minimum atomic E-state index is -4.36. The molecule has 1 fully saturated rings. The molecule has 0 unspecified atom stereocenters. The van der Waals surface area contributed by atoms with E-state index in [2.05, 4.69) is 37.1 Å². The third kappa shape index (κ3) is 4.42. The van der Waals surface area contributed by atoms with E-state index in [0.29, 0.717) is 24.2 Å². The van der Waals surface area contributed by atoms with E-state index in [1.54, 1.807) is 6.20 Å². The van der Waals surface area contributed by atoms with E-state index in [4.69, 9.17) is 5.84 Å². The number of anilines is 3. The van der Waals surface area contributed by atoms with Gasteiger partial charge in [0.15, 0.2) is 0 Å². The van der Waals surface area contributed by atoms with Crippen LogP contribution in [-0.4, -0.2) is 38.9 Å². The average molecular weight is 467 g/mol. The molecule has 1 aromatic heterocycles. The molecule has 5 rings (SSSR count). The first-order chi connectivity index (χ1) is 16.3. The topological polar surface area (TPSA) is 82.3 Å². The third-order valence-electron chi connectivity index (χ3n) is 6.29. The molecule has 0 amide bonds. The van der Waals surface area contributed by atoms with Crippen molar-refractivity contribution in [1.82, 2.24) is 19.8 Å². The fraction of sp³-hybridized carbons (Fsp3) is 0.250. The minimum Gasteiger partial charge on any atom is -0.368 e. The SMILES string of the molecule is C=C(c1ccc(NN)cc1)N1CC(N2Cc3cnc(Nc4ccc(C(F)(F)F)cc4)nc3C2)C1. The van der Waals surface area contributed by atoms with E-state index in [1.807, 2.05) is 24.3 Å². The van der Waals surface area contributed by atoms with Crippen molar-refractivity contribution in [3.8, 4) is 0 Å². The predicted octanol–water partition coefficient (Wildman–Crippen LogP) is 4.20. The molecule has 176 valence electrons. The molecular weight excluding hydrogens is 443 g/mol. The molecule has 3 heterocycles. The molecule has 0 spiro atoms. The Kier molecular flexibility index (Phi) is 5.62. The van der Waals surface area contributed by atoms with Gasteiger partial charge in [0, 0.05) is 61.1 Å². The van der Waals surface area contributed by atoms with Crippen molar-refractivity contribution in [2.45, 2.75) is 25.3 Å². The fourth-order valence-corrected chi connectivity index (χ4v) is 4.22. The number of nitrogen functional groups attached to an aromatic ring is 1. The van der Waals surface area contributed by atoms with Crippen LogP contribution in [0, 0.1) is 0 Å². The maximum atomic E-state index is 12.8. The van der Waals surface area contributed by atoms with Gasteiger partial charge in [-0.25, -0.2) is 9.97 Å². The lowest BCUT2D eigenvalue weighted by Crippen LogP contribution is -2.56. The summed E-state index contributed by atoms with van der Waals surface area (Å²) in [6.07, 6.45) is -2.57. The van der Waals surface area contributed by atoms with Crippen LogP contribution in [0.3, 0.4) is 0 Å². The van der Waals surface area contributed by atoms with Gasteiger partial charge in [-0.1, -0.05) is 18.7 Å². The molecule has 0 bridgehead atoms. The molecule has 34 heavy (non-hydrogen) atoms. The number of rotatable bonds is 6.